The van der Waals surface area contributed by atoms with Gasteiger partial charge in [0, 0.05) is 38.4 Å². The summed E-state index contributed by atoms with van der Waals surface area (Å²) in [6, 6.07) is 9.14. The smallest absolute Gasteiger partial charge is 0.222 e. The van der Waals surface area contributed by atoms with Crippen molar-refractivity contribution in [1.29, 1.82) is 0 Å². The van der Waals surface area contributed by atoms with Crippen molar-refractivity contribution in [1.82, 2.24) is 15.1 Å². The second-order valence-corrected chi connectivity index (χ2v) is 8.37. The van der Waals surface area contributed by atoms with Crippen LogP contribution in [0.2, 0.25) is 0 Å². The Morgan fingerprint density at radius 3 is 2.50 bits per heavy atom. The molecular formula is C22H31N3O3. The van der Waals surface area contributed by atoms with Crippen LogP contribution >= 0.6 is 0 Å². The molecule has 0 unspecified atom stereocenters. The monoisotopic (exact) mass is 385 g/mol. The summed E-state index contributed by atoms with van der Waals surface area (Å²) in [5, 5.41) is 2.79. The van der Waals surface area contributed by atoms with Gasteiger partial charge in [0.25, 0.3) is 0 Å². The van der Waals surface area contributed by atoms with Gasteiger partial charge in [0.2, 0.25) is 11.8 Å². The number of likely N-dealkylation sites (tertiary alicyclic amines) is 1. The molecule has 3 atom stereocenters. The van der Waals surface area contributed by atoms with Crippen LogP contribution in [0.3, 0.4) is 0 Å². The summed E-state index contributed by atoms with van der Waals surface area (Å²) >= 11 is 0. The molecule has 5 rings (SSSR count). The zero-order chi connectivity index (χ0) is 19.7. The molecule has 152 valence electrons. The molecule has 2 amide bonds. The SMILES string of the molecule is COc1ccc([C@@H]2CN(C(=O)CCCNC(C)=O)[C@@H]3C4CCN(CC4)[C@@H]32)cc1. The number of methoxy groups -OCH3 is 1. The second-order valence-electron chi connectivity index (χ2n) is 8.37. The average molecular weight is 386 g/mol. The van der Waals surface area contributed by atoms with Crippen molar-refractivity contribution in [2.45, 2.75) is 50.6 Å². The predicted molar refractivity (Wildman–Crippen MR) is 107 cm³/mol. The Kier molecular flexibility index (Phi) is 5.58. The van der Waals surface area contributed by atoms with Crippen LogP contribution in [0, 0.1) is 5.92 Å². The lowest BCUT2D eigenvalue weighted by Crippen LogP contribution is -2.60. The number of benzene rings is 1. The highest BCUT2D eigenvalue weighted by molar-refractivity contribution is 5.77. The molecule has 1 aromatic carbocycles. The number of rotatable bonds is 6. The van der Waals surface area contributed by atoms with Crippen molar-refractivity contribution < 1.29 is 14.3 Å². The molecule has 6 nitrogen and oxygen atoms in total. The topological polar surface area (TPSA) is 61.9 Å². The normalized spacial score (nSPS) is 30.8. The van der Waals surface area contributed by atoms with Crippen LogP contribution < -0.4 is 10.1 Å². The molecule has 0 radical (unpaired) electrons. The first kappa shape index (κ1) is 19.2. The molecule has 2 bridgehead atoms. The molecule has 0 spiro atoms. The van der Waals surface area contributed by atoms with Crippen LogP contribution in [-0.2, 0) is 9.59 Å². The van der Waals surface area contributed by atoms with E-state index in [0.717, 1.165) is 25.4 Å². The molecule has 4 saturated heterocycles. The molecule has 1 aromatic rings. The van der Waals surface area contributed by atoms with Crippen molar-refractivity contribution >= 4 is 11.8 Å². The maximum absolute atomic E-state index is 13.1. The minimum absolute atomic E-state index is 0.0364. The van der Waals surface area contributed by atoms with E-state index >= 15 is 0 Å². The summed E-state index contributed by atoms with van der Waals surface area (Å²) in [5.74, 6) is 2.06. The van der Waals surface area contributed by atoms with Crippen molar-refractivity contribution in [3.05, 3.63) is 29.8 Å². The Bertz CT molecular complexity index is 712. The highest BCUT2D eigenvalue weighted by Crippen LogP contribution is 2.46. The van der Waals surface area contributed by atoms with Gasteiger partial charge in [-0.1, -0.05) is 12.1 Å². The Morgan fingerprint density at radius 1 is 1.14 bits per heavy atom. The van der Waals surface area contributed by atoms with Gasteiger partial charge < -0.3 is 15.0 Å². The third kappa shape index (κ3) is 3.62. The van der Waals surface area contributed by atoms with E-state index in [2.05, 4.69) is 27.2 Å². The van der Waals surface area contributed by atoms with Gasteiger partial charge in [-0.3, -0.25) is 14.5 Å². The number of nitrogens with one attached hydrogen (secondary N) is 1. The number of hydrogen-bond acceptors (Lipinski definition) is 4. The summed E-state index contributed by atoms with van der Waals surface area (Å²) in [6.45, 7) is 5.19. The Morgan fingerprint density at radius 2 is 1.86 bits per heavy atom. The number of nitrogens with zero attached hydrogens (tertiary/aromatic N) is 2. The first-order valence-electron chi connectivity index (χ1n) is 10.5. The van der Waals surface area contributed by atoms with Crippen LogP contribution in [0.4, 0.5) is 0 Å². The molecule has 4 heterocycles. The summed E-state index contributed by atoms with van der Waals surface area (Å²) in [5.41, 5.74) is 1.30. The second kappa shape index (κ2) is 8.11. The first-order chi connectivity index (χ1) is 13.6. The quantitative estimate of drug-likeness (QED) is 0.761. The lowest BCUT2D eigenvalue weighted by molar-refractivity contribution is -0.136. The molecule has 0 aliphatic carbocycles. The van der Waals surface area contributed by atoms with E-state index in [-0.39, 0.29) is 11.8 Å². The fourth-order valence-corrected chi connectivity index (χ4v) is 5.50. The summed E-state index contributed by atoms with van der Waals surface area (Å²) in [7, 11) is 1.69. The minimum atomic E-state index is -0.0364. The minimum Gasteiger partial charge on any atom is -0.497 e. The standard InChI is InChI=1S/C22H31N3O3/c1-15(26)23-11-3-4-20(27)25-14-19(16-5-7-18(28-2)8-6-16)22-21(25)17-9-12-24(22)13-10-17/h5-8,17,19,21-22H,3-4,9-14H2,1-2H3,(H,23,26)/t19-,21+,22+/m0/s1. The van der Waals surface area contributed by atoms with Gasteiger partial charge in [0.15, 0.2) is 0 Å². The zero-order valence-corrected chi connectivity index (χ0v) is 16.9. The zero-order valence-electron chi connectivity index (χ0n) is 16.9. The van der Waals surface area contributed by atoms with Crippen LogP contribution in [0.1, 0.15) is 44.1 Å². The number of hydrogen-bond donors (Lipinski definition) is 1. The molecule has 0 saturated carbocycles. The number of ether oxygens (including phenoxy) is 1. The van der Waals surface area contributed by atoms with E-state index in [9.17, 15) is 9.59 Å². The molecule has 4 aliphatic rings. The largest absolute Gasteiger partial charge is 0.497 e. The third-order valence-corrected chi connectivity index (χ3v) is 6.80. The molecule has 4 fully saturated rings. The molecular weight excluding hydrogens is 354 g/mol. The lowest BCUT2D eigenvalue weighted by atomic mass is 9.75. The van der Waals surface area contributed by atoms with Gasteiger partial charge in [-0.15, -0.1) is 0 Å². The van der Waals surface area contributed by atoms with Gasteiger partial charge in [0.1, 0.15) is 5.75 Å². The van der Waals surface area contributed by atoms with E-state index in [1.165, 1.54) is 25.3 Å². The summed E-state index contributed by atoms with van der Waals surface area (Å²) < 4.78 is 5.31. The molecule has 0 aromatic heterocycles. The van der Waals surface area contributed by atoms with Gasteiger partial charge >= 0.3 is 0 Å². The Labute approximate surface area is 167 Å². The van der Waals surface area contributed by atoms with Crippen molar-refractivity contribution in [3.63, 3.8) is 0 Å². The molecule has 6 heteroatoms. The molecule has 1 N–H and O–H groups in total. The Hall–Kier alpha value is -2.08. The maximum Gasteiger partial charge on any atom is 0.222 e. The van der Waals surface area contributed by atoms with Crippen LogP contribution in [0.25, 0.3) is 0 Å². The molecule has 28 heavy (non-hydrogen) atoms. The maximum atomic E-state index is 13.1. The van der Waals surface area contributed by atoms with Crippen LogP contribution in [-0.4, -0.2) is 67.0 Å². The Balaban J connectivity index is 1.51. The van der Waals surface area contributed by atoms with Gasteiger partial charge in [-0.25, -0.2) is 0 Å². The van der Waals surface area contributed by atoms with E-state index in [4.69, 9.17) is 4.74 Å². The van der Waals surface area contributed by atoms with Crippen molar-refractivity contribution in [2.75, 3.05) is 33.3 Å². The number of amides is 2. The highest BCUT2D eigenvalue weighted by Gasteiger charge is 2.54. The predicted octanol–water partition coefficient (Wildman–Crippen LogP) is 2.00. The van der Waals surface area contributed by atoms with Crippen molar-refractivity contribution in [2.24, 2.45) is 5.92 Å². The average Bonchev–Trinajstić information content (AvgIpc) is 3.15. The van der Waals surface area contributed by atoms with Crippen molar-refractivity contribution in [3.8, 4) is 5.75 Å². The fraction of sp³-hybridized carbons (Fsp3) is 0.636. The lowest BCUT2D eigenvalue weighted by Gasteiger charge is -2.51. The third-order valence-electron chi connectivity index (χ3n) is 6.80. The number of fused-ring (bicyclic) bond motifs is 2. The van der Waals surface area contributed by atoms with E-state index < -0.39 is 0 Å². The van der Waals surface area contributed by atoms with Gasteiger partial charge in [-0.05, 0) is 56.0 Å². The first-order valence-corrected chi connectivity index (χ1v) is 10.5. The van der Waals surface area contributed by atoms with E-state index in [1.54, 1.807) is 7.11 Å². The van der Waals surface area contributed by atoms with E-state index in [1.807, 2.05) is 12.1 Å². The summed E-state index contributed by atoms with van der Waals surface area (Å²) in [6.07, 6.45) is 3.61. The van der Waals surface area contributed by atoms with Gasteiger partial charge in [-0.2, -0.15) is 0 Å². The van der Waals surface area contributed by atoms with E-state index in [0.29, 0.717) is 43.3 Å². The van der Waals surface area contributed by atoms with Crippen LogP contribution in [0.5, 0.6) is 5.75 Å². The number of carbonyl (C=O) groups is 2. The number of carbonyl (C=O) groups excluding carboxylic acids is 2. The van der Waals surface area contributed by atoms with Gasteiger partial charge in [0.05, 0.1) is 13.2 Å². The molecule has 4 aliphatic heterocycles. The fourth-order valence-electron chi connectivity index (χ4n) is 5.50. The highest BCUT2D eigenvalue weighted by atomic mass is 16.5. The summed E-state index contributed by atoms with van der Waals surface area (Å²) in [4.78, 5) is 28.9. The number of piperidine rings is 3. The van der Waals surface area contributed by atoms with Crippen LogP contribution in [0.15, 0.2) is 24.3 Å².